The minimum absolute atomic E-state index is 0. The molecular formula is C21H25Cl5N6O4. The average Bonchev–Trinajstić information content (AvgIpc) is 2.79. The first kappa shape index (κ1) is 30.2. The van der Waals surface area contributed by atoms with Crippen LogP contribution in [0, 0.1) is 0 Å². The third-order valence-electron chi connectivity index (χ3n) is 5.81. The fourth-order valence-corrected chi connectivity index (χ4v) is 4.58. The normalized spacial score (nSPS) is 15.1. The molecule has 2 aromatic carbocycles. The number of carbonyl (C=O) groups excluding carboxylic acids is 2. The third kappa shape index (κ3) is 6.83. The molecule has 0 unspecified atom stereocenters. The minimum Gasteiger partial charge on any atom is -1.00 e. The molecule has 0 saturated carbocycles. The molecule has 1 heterocycles. The Labute approximate surface area is 234 Å². The summed E-state index contributed by atoms with van der Waals surface area (Å²) in [5.41, 5.74) is 11.5. The predicted molar refractivity (Wildman–Crippen MR) is 140 cm³/mol. The molecule has 0 spiro atoms. The van der Waals surface area contributed by atoms with Crippen molar-refractivity contribution in [3.8, 4) is 11.5 Å². The van der Waals surface area contributed by atoms with Crippen LogP contribution in [0.1, 0.15) is 0 Å². The molecule has 1 aliphatic heterocycles. The van der Waals surface area contributed by atoms with E-state index in [4.69, 9.17) is 57.9 Å². The minimum atomic E-state index is -0.362. The number of benzene rings is 2. The lowest BCUT2D eigenvalue weighted by Crippen LogP contribution is -3.00. The first-order chi connectivity index (χ1) is 16.3. The number of phenols is 2. The van der Waals surface area contributed by atoms with Crippen molar-refractivity contribution in [2.45, 2.75) is 0 Å². The molecule has 8 N–H and O–H groups in total. The number of carbonyl (C=O) groups is 2. The number of nitrogens with one attached hydrogen (secondary N) is 2. The maximum absolute atomic E-state index is 12.6. The summed E-state index contributed by atoms with van der Waals surface area (Å²) in [5.74, 6) is -1.40. The predicted octanol–water partition coefficient (Wildman–Crippen LogP) is 0.219. The molecule has 2 aromatic rings. The molecule has 0 bridgehead atoms. The summed E-state index contributed by atoms with van der Waals surface area (Å²) in [6.45, 7) is 2.51. The highest BCUT2D eigenvalue weighted by molar-refractivity contribution is 6.41. The van der Waals surface area contributed by atoms with E-state index in [1.807, 2.05) is 11.9 Å². The Kier molecular flexibility index (Phi) is 10.1. The fraction of sp³-hybridized carbons (Fsp3) is 0.333. The number of anilines is 4. The van der Waals surface area contributed by atoms with Crippen LogP contribution in [-0.2, 0) is 9.59 Å². The van der Waals surface area contributed by atoms with E-state index >= 15 is 0 Å². The topological polar surface area (TPSA) is 154 Å². The van der Waals surface area contributed by atoms with Crippen molar-refractivity contribution in [2.75, 3.05) is 68.4 Å². The lowest BCUT2D eigenvalue weighted by molar-refractivity contribution is -0.905. The number of nitrogen functional groups attached to an aromatic ring is 2. The SMILES string of the molecule is C[N+]1(CC(=O)Nc2cc(Cl)c(N)c(Cl)c2O)CCN(CC(=O)Nc2cc(Cl)c(N)c(Cl)c2O)CC1.[Cl-]. The van der Waals surface area contributed by atoms with Gasteiger partial charge >= 0.3 is 0 Å². The number of amides is 2. The van der Waals surface area contributed by atoms with E-state index < -0.39 is 0 Å². The van der Waals surface area contributed by atoms with Crippen LogP contribution < -0.4 is 34.5 Å². The van der Waals surface area contributed by atoms with Gasteiger partial charge in [0.25, 0.3) is 5.91 Å². The van der Waals surface area contributed by atoms with Gasteiger partial charge in [-0.05, 0) is 12.1 Å². The molecule has 0 aliphatic carbocycles. The van der Waals surface area contributed by atoms with Crippen LogP contribution in [0.25, 0.3) is 0 Å². The van der Waals surface area contributed by atoms with E-state index in [9.17, 15) is 19.8 Å². The molecule has 0 atom stereocenters. The number of hydrogen-bond acceptors (Lipinski definition) is 7. The van der Waals surface area contributed by atoms with Gasteiger partial charge in [-0.3, -0.25) is 14.5 Å². The fourth-order valence-electron chi connectivity index (χ4n) is 3.67. The van der Waals surface area contributed by atoms with E-state index in [1.165, 1.54) is 12.1 Å². The summed E-state index contributed by atoms with van der Waals surface area (Å²) in [5, 5.41) is 25.4. The maximum Gasteiger partial charge on any atom is 0.279 e. The lowest BCUT2D eigenvalue weighted by atomic mass is 10.2. The Morgan fingerprint density at radius 2 is 1.33 bits per heavy atom. The number of likely N-dealkylation sites (N-methyl/N-ethyl adjacent to an activating group) is 1. The summed E-state index contributed by atoms with van der Waals surface area (Å²) in [7, 11) is 1.93. The first-order valence-corrected chi connectivity index (χ1v) is 11.9. The van der Waals surface area contributed by atoms with E-state index in [0.717, 1.165) is 0 Å². The van der Waals surface area contributed by atoms with Crippen molar-refractivity contribution in [1.29, 1.82) is 0 Å². The zero-order chi connectivity index (χ0) is 26.1. The number of piperazine rings is 1. The number of quaternary nitrogens is 1. The van der Waals surface area contributed by atoms with E-state index in [1.54, 1.807) is 0 Å². The Balaban J connectivity index is 0.00000456. The van der Waals surface area contributed by atoms with Crippen molar-refractivity contribution < 1.29 is 36.7 Å². The molecule has 1 fully saturated rings. The monoisotopic (exact) mass is 600 g/mol. The highest BCUT2D eigenvalue weighted by atomic mass is 35.5. The van der Waals surface area contributed by atoms with E-state index in [2.05, 4.69) is 10.6 Å². The largest absolute Gasteiger partial charge is 1.00 e. The molecule has 198 valence electrons. The van der Waals surface area contributed by atoms with Gasteiger partial charge in [-0.25, -0.2) is 0 Å². The van der Waals surface area contributed by atoms with Gasteiger partial charge in [-0.1, -0.05) is 46.4 Å². The average molecular weight is 603 g/mol. The van der Waals surface area contributed by atoms with Crippen LogP contribution in [-0.4, -0.2) is 77.7 Å². The van der Waals surface area contributed by atoms with Crippen LogP contribution in [0.4, 0.5) is 22.7 Å². The molecule has 3 rings (SSSR count). The number of nitrogens with zero attached hydrogens (tertiary/aromatic N) is 2. The van der Waals surface area contributed by atoms with Crippen LogP contribution in [0.3, 0.4) is 0 Å². The quantitative estimate of drug-likeness (QED) is 0.157. The highest BCUT2D eigenvalue weighted by Gasteiger charge is 2.32. The number of phenolic OH excluding ortho intramolecular Hbond substituents is 2. The lowest BCUT2D eigenvalue weighted by Gasteiger charge is -2.41. The van der Waals surface area contributed by atoms with Gasteiger partial charge in [0.2, 0.25) is 5.91 Å². The van der Waals surface area contributed by atoms with Crippen molar-refractivity contribution >= 4 is 81.0 Å². The molecule has 36 heavy (non-hydrogen) atoms. The molecule has 1 aliphatic rings. The summed E-state index contributed by atoms with van der Waals surface area (Å²) in [6.07, 6.45) is 0. The van der Waals surface area contributed by atoms with Crippen molar-refractivity contribution in [2.24, 2.45) is 0 Å². The number of hydrogen-bond donors (Lipinski definition) is 6. The van der Waals surface area contributed by atoms with Gasteiger partial charge in [-0.15, -0.1) is 0 Å². The maximum atomic E-state index is 12.6. The summed E-state index contributed by atoms with van der Waals surface area (Å²) in [6, 6.07) is 2.67. The standard InChI is InChI=1S/C21H24Cl4N6O4.ClH/c1-31(9-15(33)29-13-7-11(23)19(27)17(25)21(13)35)4-2-30(3-5-31)8-14(32)28-12-6-10(22)18(26)16(24)20(12)34;/h6-7H,2-5,8-9,26-27H2,1H3,(H3-,28,29,32,33,34,35);1H. The van der Waals surface area contributed by atoms with E-state index in [0.29, 0.717) is 30.7 Å². The summed E-state index contributed by atoms with van der Waals surface area (Å²) in [4.78, 5) is 27.0. The van der Waals surface area contributed by atoms with Gasteiger partial charge in [0, 0.05) is 13.1 Å². The van der Waals surface area contributed by atoms with Crippen molar-refractivity contribution in [3.63, 3.8) is 0 Å². The highest BCUT2D eigenvalue weighted by Crippen LogP contribution is 2.42. The third-order valence-corrected chi connectivity index (χ3v) is 7.20. The second-order valence-electron chi connectivity index (χ2n) is 8.56. The van der Waals surface area contributed by atoms with Crippen LogP contribution >= 0.6 is 46.4 Å². The Morgan fingerprint density at radius 3 is 1.78 bits per heavy atom. The van der Waals surface area contributed by atoms with Gasteiger partial charge in [0.15, 0.2) is 18.0 Å². The van der Waals surface area contributed by atoms with Gasteiger partial charge < -0.3 is 49.2 Å². The van der Waals surface area contributed by atoms with Gasteiger partial charge in [0.05, 0.1) is 59.5 Å². The Morgan fingerprint density at radius 1 is 0.917 bits per heavy atom. The molecule has 0 radical (unpaired) electrons. The van der Waals surface area contributed by atoms with Gasteiger partial charge in [-0.2, -0.15) is 0 Å². The summed E-state index contributed by atoms with van der Waals surface area (Å²) < 4.78 is 0.422. The molecule has 15 heteroatoms. The summed E-state index contributed by atoms with van der Waals surface area (Å²) >= 11 is 23.8. The zero-order valence-corrected chi connectivity index (χ0v) is 22.8. The first-order valence-electron chi connectivity index (χ1n) is 10.4. The van der Waals surface area contributed by atoms with Crippen LogP contribution in [0.5, 0.6) is 11.5 Å². The van der Waals surface area contributed by atoms with E-state index in [-0.39, 0.29) is 91.7 Å². The molecule has 10 nitrogen and oxygen atoms in total. The van der Waals surface area contributed by atoms with Gasteiger partial charge in [0.1, 0.15) is 10.0 Å². The molecule has 0 aromatic heterocycles. The van der Waals surface area contributed by atoms with Crippen LogP contribution in [0.15, 0.2) is 12.1 Å². The number of nitrogens with two attached hydrogens (primary N) is 2. The number of rotatable bonds is 6. The van der Waals surface area contributed by atoms with Crippen molar-refractivity contribution in [1.82, 2.24) is 4.90 Å². The number of halogens is 5. The zero-order valence-electron chi connectivity index (χ0n) is 19.0. The van der Waals surface area contributed by atoms with Crippen molar-refractivity contribution in [3.05, 3.63) is 32.2 Å². The second-order valence-corrected chi connectivity index (χ2v) is 10.1. The molecular weight excluding hydrogens is 578 g/mol. The molecule has 1 saturated heterocycles. The second kappa shape index (κ2) is 12.0. The Bertz CT molecular complexity index is 1170. The smallest absolute Gasteiger partial charge is 0.279 e. The number of aromatic hydroxyl groups is 2. The Hall–Kier alpha value is -2.05. The molecule has 2 amide bonds. The van der Waals surface area contributed by atoms with Crippen LogP contribution in [0.2, 0.25) is 20.1 Å².